The van der Waals surface area contributed by atoms with Crippen LogP contribution in [0, 0.1) is 0 Å². The van der Waals surface area contributed by atoms with Gasteiger partial charge in [-0.05, 0) is 26.0 Å². The van der Waals surface area contributed by atoms with Crippen LogP contribution in [0.1, 0.15) is 32.2 Å². The molecule has 4 nitrogen and oxygen atoms in total. The van der Waals surface area contributed by atoms with Crippen LogP contribution in [-0.2, 0) is 16.0 Å². The standard InChI is InChI=1S/C19H24N2O2S/c1-4-17(22)9-19-20-18(12-24-19)15-6-5-7-16(8-15)21-10-13(2)23-14(3)11-21/h5-8,12-14H,4,9-11H2,1-3H3/t13-,14+. The Morgan fingerprint density at radius 1 is 1.33 bits per heavy atom. The molecule has 0 radical (unpaired) electrons. The van der Waals surface area contributed by atoms with Gasteiger partial charge in [-0.25, -0.2) is 4.98 Å². The Kier molecular flexibility index (Phi) is 5.31. The molecule has 2 heterocycles. The molecule has 1 aromatic carbocycles. The van der Waals surface area contributed by atoms with Crippen LogP contribution in [0.4, 0.5) is 5.69 Å². The number of anilines is 1. The molecule has 0 N–H and O–H groups in total. The SMILES string of the molecule is CCC(=O)Cc1nc(-c2cccc(N3C[C@@H](C)O[C@@H](C)C3)c2)cs1. The third kappa shape index (κ3) is 4.02. The first-order valence-corrected chi connectivity index (χ1v) is 9.40. The predicted octanol–water partition coefficient (Wildman–Crippen LogP) is 3.95. The lowest BCUT2D eigenvalue weighted by molar-refractivity contribution is -0.118. The van der Waals surface area contributed by atoms with E-state index < -0.39 is 0 Å². The summed E-state index contributed by atoms with van der Waals surface area (Å²) in [4.78, 5) is 18.6. The van der Waals surface area contributed by atoms with Gasteiger partial charge in [0.15, 0.2) is 0 Å². The van der Waals surface area contributed by atoms with Crippen LogP contribution in [0.2, 0.25) is 0 Å². The van der Waals surface area contributed by atoms with Gasteiger partial charge in [-0.3, -0.25) is 4.79 Å². The van der Waals surface area contributed by atoms with Crippen LogP contribution in [0.25, 0.3) is 11.3 Å². The van der Waals surface area contributed by atoms with Gasteiger partial charge >= 0.3 is 0 Å². The van der Waals surface area contributed by atoms with E-state index in [2.05, 4.69) is 48.0 Å². The van der Waals surface area contributed by atoms with Crippen molar-refractivity contribution in [2.45, 2.75) is 45.8 Å². The number of thiazole rings is 1. The number of aromatic nitrogens is 1. The molecule has 1 saturated heterocycles. The highest BCUT2D eigenvalue weighted by Crippen LogP contribution is 2.28. The number of rotatable bonds is 5. The van der Waals surface area contributed by atoms with Crippen molar-refractivity contribution in [3.05, 3.63) is 34.7 Å². The molecule has 1 aliphatic heterocycles. The van der Waals surface area contributed by atoms with Crippen molar-refractivity contribution in [3.63, 3.8) is 0 Å². The number of hydrogen-bond donors (Lipinski definition) is 0. The normalized spacial score (nSPS) is 21.0. The van der Waals surface area contributed by atoms with Crippen LogP contribution in [0.5, 0.6) is 0 Å². The highest BCUT2D eigenvalue weighted by molar-refractivity contribution is 7.10. The maximum atomic E-state index is 11.6. The van der Waals surface area contributed by atoms with Crippen molar-refractivity contribution in [2.75, 3.05) is 18.0 Å². The topological polar surface area (TPSA) is 42.4 Å². The number of carbonyl (C=O) groups is 1. The molecule has 0 spiro atoms. The van der Waals surface area contributed by atoms with E-state index in [0.717, 1.165) is 29.4 Å². The highest BCUT2D eigenvalue weighted by atomic mass is 32.1. The Bertz CT molecular complexity index is 703. The molecule has 3 rings (SSSR count). The molecule has 128 valence electrons. The fourth-order valence-electron chi connectivity index (χ4n) is 3.07. The van der Waals surface area contributed by atoms with Gasteiger partial charge in [0.05, 0.1) is 24.3 Å². The van der Waals surface area contributed by atoms with Crippen molar-refractivity contribution in [1.29, 1.82) is 0 Å². The number of morpholine rings is 1. The Morgan fingerprint density at radius 2 is 2.08 bits per heavy atom. The lowest BCUT2D eigenvalue weighted by Crippen LogP contribution is -2.45. The van der Waals surface area contributed by atoms with Crippen molar-refractivity contribution < 1.29 is 9.53 Å². The summed E-state index contributed by atoms with van der Waals surface area (Å²) in [5.74, 6) is 0.237. The minimum atomic E-state index is 0.237. The zero-order chi connectivity index (χ0) is 17.1. The van der Waals surface area contributed by atoms with Gasteiger partial charge in [-0.2, -0.15) is 0 Å². The molecule has 0 unspecified atom stereocenters. The van der Waals surface area contributed by atoms with Gasteiger partial charge in [-0.1, -0.05) is 19.1 Å². The van der Waals surface area contributed by atoms with Gasteiger partial charge in [0.1, 0.15) is 10.8 Å². The van der Waals surface area contributed by atoms with E-state index in [-0.39, 0.29) is 18.0 Å². The van der Waals surface area contributed by atoms with Crippen LogP contribution >= 0.6 is 11.3 Å². The summed E-state index contributed by atoms with van der Waals surface area (Å²) in [5, 5.41) is 2.94. The lowest BCUT2D eigenvalue weighted by atomic mass is 10.1. The maximum absolute atomic E-state index is 11.6. The molecule has 5 heteroatoms. The molecule has 0 saturated carbocycles. The number of hydrogen-bond acceptors (Lipinski definition) is 5. The highest BCUT2D eigenvalue weighted by Gasteiger charge is 2.22. The largest absolute Gasteiger partial charge is 0.372 e. The summed E-state index contributed by atoms with van der Waals surface area (Å²) in [6, 6.07) is 8.48. The number of ether oxygens (including phenoxy) is 1. The molecular weight excluding hydrogens is 320 g/mol. The number of carbonyl (C=O) groups excluding carboxylic acids is 1. The molecule has 1 fully saturated rings. The van der Waals surface area contributed by atoms with Crippen molar-refractivity contribution >= 4 is 22.8 Å². The zero-order valence-corrected chi connectivity index (χ0v) is 15.3. The third-order valence-corrected chi connectivity index (χ3v) is 5.07. The first kappa shape index (κ1) is 17.1. The Labute approximate surface area is 147 Å². The average molecular weight is 344 g/mol. The summed E-state index contributed by atoms with van der Waals surface area (Å²) in [6.07, 6.45) is 1.49. The number of nitrogens with zero attached hydrogens (tertiary/aromatic N) is 2. The fraction of sp³-hybridized carbons (Fsp3) is 0.474. The zero-order valence-electron chi connectivity index (χ0n) is 14.5. The van der Waals surface area contributed by atoms with Gasteiger partial charge in [0.25, 0.3) is 0 Å². The van der Waals surface area contributed by atoms with Crippen LogP contribution in [-0.4, -0.2) is 36.1 Å². The molecule has 0 aliphatic carbocycles. The lowest BCUT2D eigenvalue weighted by Gasteiger charge is -2.37. The Morgan fingerprint density at radius 3 is 2.79 bits per heavy atom. The van der Waals surface area contributed by atoms with E-state index in [1.807, 2.05) is 12.3 Å². The summed E-state index contributed by atoms with van der Waals surface area (Å²) in [6.45, 7) is 7.93. The summed E-state index contributed by atoms with van der Waals surface area (Å²) in [7, 11) is 0. The summed E-state index contributed by atoms with van der Waals surface area (Å²) in [5.41, 5.74) is 3.26. The van der Waals surface area contributed by atoms with E-state index in [9.17, 15) is 4.79 Å². The molecule has 2 atom stereocenters. The molecule has 1 aliphatic rings. The van der Waals surface area contributed by atoms with Crippen LogP contribution in [0.3, 0.4) is 0 Å². The second kappa shape index (κ2) is 7.45. The van der Waals surface area contributed by atoms with Crippen LogP contribution in [0.15, 0.2) is 29.6 Å². The first-order valence-electron chi connectivity index (χ1n) is 8.52. The molecule has 2 aromatic rings. The number of Topliss-reactive ketones (excluding diaryl/α,β-unsaturated/α-hetero) is 1. The smallest absolute Gasteiger partial charge is 0.139 e. The van der Waals surface area contributed by atoms with E-state index in [1.54, 1.807) is 11.3 Å². The molecule has 0 amide bonds. The fourth-order valence-corrected chi connectivity index (χ4v) is 3.90. The Balaban J connectivity index is 1.79. The van der Waals surface area contributed by atoms with Crippen LogP contribution < -0.4 is 4.90 Å². The first-order chi connectivity index (χ1) is 11.5. The van der Waals surface area contributed by atoms with E-state index in [0.29, 0.717) is 12.8 Å². The quantitative estimate of drug-likeness (QED) is 0.824. The molecule has 24 heavy (non-hydrogen) atoms. The maximum Gasteiger partial charge on any atom is 0.139 e. The van der Waals surface area contributed by atoms with E-state index in [1.165, 1.54) is 5.69 Å². The monoisotopic (exact) mass is 344 g/mol. The number of benzene rings is 1. The van der Waals surface area contributed by atoms with Gasteiger partial charge in [0.2, 0.25) is 0 Å². The third-order valence-electron chi connectivity index (χ3n) is 4.22. The Hall–Kier alpha value is -1.72. The summed E-state index contributed by atoms with van der Waals surface area (Å²) >= 11 is 1.56. The number of ketones is 1. The second-order valence-corrected chi connectivity index (χ2v) is 7.35. The molecular formula is C19H24N2O2S. The van der Waals surface area contributed by atoms with Crippen molar-refractivity contribution in [1.82, 2.24) is 4.98 Å². The minimum Gasteiger partial charge on any atom is -0.372 e. The molecule has 1 aromatic heterocycles. The van der Waals surface area contributed by atoms with E-state index >= 15 is 0 Å². The van der Waals surface area contributed by atoms with Gasteiger partial charge in [-0.15, -0.1) is 11.3 Å². The van der Waals surface area contributed by atoms with Crippen molar-refractivity contribution in [3.8, 4) is 11.3 Å². The van der Waals surface area contributed by atoms with E-state index in [4.69, 9.17) is 4.74 Å². The molecule has 0 bridgehead atoms. The van der Waals surface area contributed by atoms with Gasteiger partial charge < -0.3 is 9.64 Å². The van der Waals surface area contributed by atoms with Crippen molar-refractivity contribution in [2.24, 2.45) is 0 Å². The minimum absolute atomic E-state index is 0.237. The second-order valence-electron chi connectivity index (χ2n) is 6.41. The summed E-state index contributed by atoms with van der Waals surface area (Å²) < 4.78 is 5.82. The van der Waals surface area contributed by atoms with Gasteiger partial charge in [0, 0.05) is 36.1 Å². The predicted molar refractivity (Wildman–Crippen MR) is 98.8 cm³/mol. The average Bonchev–Trinajstić information content (AvgIpc) is 3.02.